The fraction of sp³-hybridized carbons (Fsp3) is 0.429. The summed E-state index contributed by atoms with van der Waals surface area (Å²) in [5.74, 6) is -0.0907. The van der Waals surface area contributed by atoms with Crippen molar-refractivity contribution < 1.29 is 41.3 Å². The van der Waals surface area contributed by atoms with Crippen LogP contribution < -0.4 is 11.1 Å². The quantitative estimate of drug-likeness (QED) is 0.236. The van der Waals surface area contributed by atoms with E-state index in [1.807, 2.05) is 18.2 Å². The van der Waals surface area contributed by atoms with Crippen LogP contribution in [0.3, 0.4) is 0 Å². The van der Waals surface area contributed by atoms with Crippen LogP contribution in [-0.2, 0) is 27.8 Å². The lowest BCUT2D eigenvalue weighted by Crippen LogP contribution is -2.54. The molecule has 0 radical (unpaired) electrons. The second-order valence-electron chi connectivity index (χ2n) is 12.6. The topological polar surface area (TPSA) is 260 Å². The molecular formula is C35H50N6O8. The van der Waals surface area contributed by atoms with Crippen molar-refractivity contribution in [2.75, 3.05) is 45.2 Å². The number of aromatic carboxylic acids is 1. The summed E-state index contributed by atoms with van der Waals surface area (Å²) in [5, 5.41) is 12.3. The predicted octanol–water partition coefficient (Wildman–Crippen LogP) is 0.379. The second-order valence-corrected chi connectivity index (χ2v) is 12.6. The van der Waals surface area contributed by atoms with E-state index in [2.05, 4.69) is 69.4 Å². The summed E-state index contributed by atoms with van der Waals surface area (Å²) >= 11 is 0. The van der Waals surface area contributed by atoms with Gasteiger partial charge in [-0.1, -0.05) is 42.5 Å². The number of nitrogens with one attached hydrogen (secondary N) is 1. The van der Waals surface area contributed by atoms with Crippen LogP contribution in [0.1, 0.15) is 64.0 Å². The molecule has 3 aromatic rings. The minimum absolute atomic E-state index is 0. The number of hydrogen-bond acceptors (Lipinski definition) is 8. The SMILES string of the molecule is CC1C(c2ccccc2)CCC(N)N1CCN(C)CCOC/C=C/c1cnc2c(c1)[C@@]1(Cc3cc(C(=O)O)cnc3C1)C(=O)N2.O.O.O.O. The average molecular weight is 683 g/mol. The summed E-state index contributed by atoms with van der Waals surface area (Å²) in [4.78, 5) is 38.2. The molecule has 1 amide bonds. The van der Waals surface area contributed by atoms with Gasteiger partial charge in [-0.15, -0.1) is 0 Å². The van der Waals surface area contributed by atoms with E-state index in [4.69, 9.17) is 10.5 Å². The normalized spacial score (nSPS) is 22.4. The number of carbonyl (C=O) groups is 2. The summed E-state index contributed by atoms with van der Waals surface area (Å²) in [6, 6.07) is 14.8. The van der Waals surface area contributed by atoms with E-state index in [-0.39, 0.29) is 39.5 Å². The van der Waals surface area contributed by atoms with Gasteiger partial charge in [-0.2, -0.15) is 0 Å². The van der Waals surface area contributed by atoms with Gasteiger partial charge >= 0.3 is 5.97 Å². The fourth-order valence-corrected chi connectivity index (χ4v) is 7.14. The molecule has 2 aliphatic heterocycles. The van der Waals surface area contributed by atoms with Crippen molar-refractivity contribution in [3.05, 3.63) is 94.4 Å². The zero-order valence-corrected chi connectivity index (χ0v) is 28.0. The third-order valence-corrected chi connectivity index (χ3v) is 9.77. The van der Waals surface area contributed by atoms with E-state index in [1.54, 1.807) is 12.3 Å². The number of rotatable bonds is 11. The standard InChI is InChI=1S/C35H42N6O4.4H2O/c1-23-28(25-8-4-3-5-9-25)10-11-31(36)41(23)13-12-40(2)14-16-45-15-6-7-24-17-29-32(38-21-24)39-34(44)35(29)19-26-18-27(33(42)43)22-37-30(26)20-35;;;;/h3-9,17-18,21-23,28,31H,10-16,19-20,36H2,1-2H3,(H,42,43)(H,38,39,44);4*1H2/b7-6+;;;;/t23?,28?,31?,35-;;;;/m0..../s1. The number of likely N-dealkylation sites (N-methyl/N-ethyl adjacent to an activating group) is 1. The molecule has 6 rings (SSSR count). The Kier molecular flexibility index (Phi) is 14.7. The van der Waals surface area contributed by atoms with Gasteiger partial charge in [0.25, 0.3) is 0 Å². The van der Waals surface area contributed by atoms with Gasteiger partial charge < -0.3 is 47.7 Å². The van der Waals surface area contributed by atoms with Crippen LogP contribution in [0.2, 0.25) is 0 Å². The number of amides is 1. The van der Waals surface area contributed by atoms with Gasteiger partial charge in [-0.3, -0.25) is 14.7 Å². The Labute approximate surface area is 286 Å². The number of anilines is 1. The van der Waals surface area contributed by atoms with Crippen LogP contribution in [0.5, 0.6) is 0 Å². The van der Waals surface area contributed by atoms with Crippen LogP contribution in [0.15, 0.2) is 60.9 Å². The van der Waals surface area contributed by atoms with E-state index < -0.39 is 11.4 Å². The van der Waals surface area contributed by atoms with Gasteiger partial charge in [0.1, 0.15) is 5.82 Å². The molecule has 4 atom stereocenters. The smallest absolute Gasteiger partial charge is 0.337 e. The Morgan fingerprint density at radius 3 is 2.59 bits per heavy atom. The Morgan fingerprint density at radius 2 is 1.86 bits per heavy atom. The molecule has 3 unspecified atom stereocenters. The van der Waals surface area contributed by atoms with Crippen LogP contribution in [-0.4, -0.2) is 111 Å². The molecule has 1 spiro atoms. The van der Waals surface area contributed by atoms with E-state index in [1.165, 1.54) is 11.8 Å². The molecule has 12 N–H and O–H groups in total. The fourth-order valence-electron chi connectivity index (χ4n) is 7.14. The van der Waals surface area contributed by atoms with Gasteiger partial charge in [0.15, 0.2) is 0 Å². The first-order valence-electron chi connectivity index (χ1n) is 15.8. The molecular weight excluding hydrogens is 632 g/mol. The highest BCUT2D eigenvalue weighted by molar-refractivity contribution is 6.06. The lowest BCUT2D eigenvalue weighted by atomic mass is 9.79. The second kappa shape index (κ2) is 17.5. The Bertz CT molecular complexity index is 1590. The number of carboxylic acids is 1. The van der Waals surface area contributed by atoms with E-state index in [9.17, 15) is 14.7 Å². The third-order valence-electron chi connectivity index (χ3n) is 9.77. The van der Waals surface area contributed by atoms with Crippen LogP contribution >= 0.6 is 0 Å². The van der Waals surface area contributed by atoms with Crippen molar-refractivity contribution in [3.8, 4) is 0 Å². The maximum absolute atomic E-state index is 13.1. The number of likely N-dealkylation sites (tertiary alicyclic amines) is 1. The van der Waals surface area contributed by atoms with Gasteiger partial charge in [-0.25, -0.2) is 9.78 Å². The number of carbonyl (C=O) groups excluding carboxylic acids is 1. The maximum atomic E-state index is 13.1. The molecule has 1 aliphatic carbocycles. The van der Waals surface area contributed by atoms with Crippen molar-refractivity contribution in [3.63, 3.8) is 0 Å². The Balaban J connectivity index is 0.00000208. The zero-order chi connectivity index (χ0) is 31.6. The molecule has 14 nitrogen and oxygen atoms in total. The minimum atomic E-state index is -1.03. The first-order chi connectivity index (χ1) is 21.7. The number of nitrogens with zero attached hydrogens (tertiary/aromatic N) is 4. The summed E-state index contributed by atoms with van der Waals surface area (Å²) < 4.78 is 5.90. The van der Waals surface area contributed by atoms with Crippen LogP contribution in [0.25, 0.3) is 6.08 Å². The highest BCUT2D eigenvalue weighted by Crippen LogP contribution is 2.46. The molecule has 4 heterocycles. The number of nitrogens with two attached hydrogens (primary N) is 1. The Morgan fingerprint density at radius 1 is 1.10 bits per heavy atom. The summed E-state index contributed by atoms with van der Waals surface area (Å²) in [7, 11) is 2.12. The molecule has 14 heteroatoms. The monoisotopic (exact) mass is 682 g/mol. The zero-order valence-electron chi connectivity index (χ0n) is 28.0. The average Bonchev–Trinajstić information content (AvgIpc) is 3.55. The number of carboxylic acid groups (broad SMARTS) is 1. The molecule has 2 aromatic heterocycles. The minimum Gasteiger partial charge on any atom is -0.478 e. The third kappa shape index (κ3) is 8.55. The van der Waals surface area contributed by atoms with E-state index in [0.717, 1.165) is 54.9 Å². The first kappa shape index (κ1) is 41.1. The number of hydrogen-bond donors (Lipinski definition) is 3. The number of pyridine rings is 2. The maximum Gasteiger partial charge on any atom is 0.337 e. The van der Waals surface area contributed by atoms with Crippen molar-refractivity contribution in [2.24, 2.45) is 5.73 Å². The van der Waals surface area contributed by atoms with Gasteiger partial charge in [0.2, 0.25) is 5.91 Å². The summed E-state index contributed by atoms with van der Waals surface area (Å²) in [6.45, 7) is 6.05. The predicted molar refractivity (Wildman–Crippen MR) is 188 cm³/mol. The Hall–Kier alpha value is -4.12. The summed E-state index contributed by atoms with van der Waals surface area (Å²) in [6.07, 6.45) is 10.1. The van der Waals surface area contributed by atoms with Gasteiger partial charge in [0.05, 0.1) is 30.4 Å². The molecule has 49 heavy (non-hydrogen) atoms. The molecule has 268 valence electrons. The van der Waals surface area contributed by atoms with Crippen molar-refractivity contribution in [2.45, 2.75) is 56.1 Å². The van der Waals surface area contributed by atoms with Crippen LogP contribution in [0.4, 0.5) is 5.82 Å². The van der Waals surface area contributed by atoms with Gasteiger partial charge in [0, 0.05) is 55.7 Å². The molecule has 3 aliphatic rings. The summed E-state index contributed by atoms with van der Waals surface area (Å²) in [5.41, 5.74) is 10.5. The molecule has 1 saturated heterocycles. The number of fused-ring (bicyclic) bond motifs is 3. The van der Waals surface area contributed by atoms with Crippen molar-refractivity contribution >= 4 is 23.8 Å². The van der Waals surface area contributed by atoms with E-state index in [0.29, 0.717) is 43.8 Å². The number of ether oxygens (including phenoxy) is 1. The number of aromatic nitrogens is 2. The lowest BCUT2D eigenvalue weighted by molar-refractivity contribution is -0.120. The van der Waals surface area contributed by atoms with Crippen molar-refractivity contribution in [1.29, 1.82) is 0 Å². The van der Waals surface area contributed by atoms with Gasteiger partial charge in [-0.05, 0) is 68.0 Å². The molecule has 1 fully saturated rings. The largest absolute Gasteiger partial charge is 0.478 e. The first-order valence-corrected chi connectivity index (χ1v) is 15.8. The lowest BCUT2D eigenvalue weighted by Gasteiger charge is -2.44. The van der Waals surface area contributed by atoms with Crippen molar-refractivity contribution in [1.82, 2.24) is 19.8 Å². The number of benzene rings is 1. The highest BCUT2D eigenvalue weighted by atomic mass is 16.5. The highest BCUT2D eigenvalue weighted by Gasteiger charge is 2.52. The number of piperidine rings is 1. The van der Waals surface area contributed by atoms with E-state index >= 15 is 0 Å². The molecule has 0 saturated carbocycles. The molecule has 0 bridgehead atoms. The molecule has 1 aromatic carbocycles. The van der Waals surface area contributed by atoms with Crippen LogP contribution in [0, 0.1) is 0 Å².